The Balaban J connectivity index is 1.10. The molecule has 2 aliphatic rings. The number of amides is 3. The number of piperazine rings is 2. The average molecular weight is 493 g/mol. The summed E-state index contributed by atoms with van der Waals surface area (Å²) in [5, 5.41) is 2.04. The van der Waals surface area contributed by atoms with E-state index in [0.717, 1.165) is 62.8 Å². The first kappa shape index (κ1) is 24.0. The van der Waals surface area contributed by atoms with Crippen LogP contribution < -0.4 is 16.4 Å². The van der Waals surface area contributed by atoms with Gasteiger partial charge in [-0.25, -0.2) is 9.78 Å². The number of hydroxylamine groups is 2. The molecule has 0 radical (unpaired) electrons. The molecule has 0 bridgehead atoms. The molecule has 0 atom stereocenters. The highest BCUT2D eigenvalue weighted by Crippen LogP contribution is 2.25. The van der Waals surface area contributed by atoms with Crippen molar-refractivity contribution in [2.75, 3.05) is 70.4 Å². The third-order valence-corrected chi connectivity index (χ3v) is 6.88. The number of carbonyl (C=O) groups is 2. The Bertz CT molecular complexity index is 1210. The van der Waals surface area contributed by atoms with E-state index in [4.69, 9.17) is 16.3 Å². The van der Waals surface area contributed by atoms with E-state index in [0.29, 0.717) is 30.9 Å². The second-order valence-corrected chi connectivity index (χ2v) is 9.11. The molecule has 0 unspecified atom stereocenters. The lowest BCUT2D eigenvalue weighted by atomic mass is 10.1. The second-order valence-electron chi connectivity index (χ2n) is 9.11. The molecule has 11 heteroatoms. The number of nitrogens with zero attached hydrogens (tertiary/aromatic N) is 6. The van der Waals surface area contributed by atoms with Crippen LogP contribution in [0.5, 0.6) is 0 Å². The highest BCUT2D eigenvalue weighted by Gasteiger charge is 2.21. The van der Waals surface area contributed by atoms with Crippen LogP contribution in [0.25, 0.3) is 16.9 Å². The number of hydrogen-bond acceptors (Lipinski definition) is 7. The molecule has 3 amide bonds. The minimum atomic E-state index is -0.487. The van der Waals surface area contributed by atoms with Crippen LogP contribution >= 0.6 is 0 Å². The lowest BCUT2D eigenvalue weighted by Crippen LogP contribution is -2.51. The maximum atomic E-state index is 11.7. The maximum absolute atomic E-state index is 11.7. The fourth-order valence-corrected chi connectivity index (χ4v) is 4.75. The van der Waals surface area contributed by atoms with Crippen molar-refractivity contribution in [2.45, 2.75) is 0 Å². The molecule has 2 aromatic heterocycles. The Labute approximate surface area is 209 Å². The molecule has 0 aliphatic carbocycles. The van der Waals surface area contributed by atoms with E-state index in [1.165, 1.54) is 0 Å². The zero-order valence-electron chi connectivity index (χ0n) is 20.3. The van der Waals surface area contributed by atoms with Crippen molar-refractivity contribution in [2.24, 2.45) is 11.5 Å². The monoisotopic (exact) mass is 492 g/mol. The van der Waals surface area contributed by atoms with E-state index in [1.54, 1.807) is 17.0 Å². The first-order valence-corrected chi connectivity index (χ1v) is 12.3. The molecule has 190 valence electrons. The Hall–Kier alpha value is -3.67. The summed E-state index contributed by atoms with van der Waals surface area (Å²) < 4.78 is 1.82. The SMILES string of the molecule is NC(=O)c1cccn2cc(-c3ccc(N4CCN(OCCN5CCN(C(N)=O)CC5)CC4)cc3)nc12. The van der Waals surface area contributed by atoms with Crippen LogP contribution in [0.3, 0.4) is 0 Å². The summed E-state index contributed by atoms with van der Waals surface area (Å²) in [6.45, 7) is 7.93. The summed E-state index contributed by atoms with van der Waals surface area (Å²) in [6, 6.07) is 11.5. The molecule has 2 saturated heterocycles. The molecule has 5 rings (SSSR count). The van der Waals surface area contributed by atoms with Gasteiger partial charge in [0.25, 0.3) is 5.91 Å². The van der Waals surface area contributed by atoms with E-state index in [9.17, 15) is 9.59 Å². The van der Waals surface area contributed by atoms with Crippen molar-refractivity contribution in [1.29, 1.82) is 0 Å². The van der Waals surface area contributed by atoms with E-state index in [-0.39, 0.29) is 6.03 Å². The van der Waals surface area contributed by atoms with Gasteiger partial charge < -0.3 is 25.7 Å². The fraction of sp³-hybridized carbons (Fsp3) is 0.400. The van der Waals surface area contributed by atoms with Gasteiger partial charge in [-0.1, -0.05) is 12.1 Å². The van der Waals surface area contributed by atoms with Gasteiger partial charge in [0.05, 0.1) is 17.9 Å². The Morgan fingerprint density at radius 2 is 1.64 bits per heavy atom. The van der Waals surface area contributed by atoms with E-state index < -0.39 is 5.91 Å². The number of fused-ring (bicyclic) bond motifs is 1. The van der Waals surface area contributed by atoms with Crippen molar-refractivity contribution in [1.82, 2.24) is 24.2 Å². The quantitative estimate of drug-likeness (QED) is 0.501. The molecule has 11 nitrogen and oxygen atoms in total. The zero-order valence-corrected chi connectivity index (χ0v) is 20.3. The van der Waals surface area contributed by atoms with Crippen molar-refractivity contribution in [3.05, 3.63) is 54.4 Å². The van der Waals surface area contributed by atoms with Crippen molar-refractivity contribution < 1.29 is 14.4 Å². The number of imidazole rings is 1. The number of urea groups is 1. The van der Waals surface area contributed by atoms with Gasteiger partial charge in [0.1, 0.15) is 5.65 Å². The second kappa shape index (κ2) is 10.5. The third-order valence-electron chi connectivity index (χ3n) is 6.88. The van der Waals surface area contributed by atoms with Crippen LogP contribution in [0.4, 0.5) is 10.5 Å². The van der Waals surface area contributed by atoms with Crippen molar-refractivity contribution >= 4 is 23.3 Å². The molecule has 2 fully saturated rings. The molecule has 1 aromatic carbocycles. The zero-order chi connectivity index (χ0) is 25.1. The number of anilines is 1. The van der Waals surface area contributed by atoms with E-state index in [1.807, 2.05) is 21.9 Å². The summed E-state index contributed by atoms with van der Waals surface area (Å²) in [7, 11) is 0. The predicted molar refractivity (Wildman–Crippen MR) is 136 cm³/mol. The van der Waals surface area contributed by atoms with Gasteiger partial charge in [0.2, 0.25) is 0 Å². The first-order chi connectivity index (χ1) is 17.5. The molecular formula is C25H32N8O3. The minimum absolute atomic E-state index is 0.340. The van der Waals surface area contributed by atoms with Gasteiger partial charge in [-0.2, -0.15) is 5.06 Å². The number of nitrogens with two attached hydrogens (primary N) is 2. The maximum Gasteiger partial charge on any atom is 0.314 e. The molecule has 36 heavy (non-hydrogen) atoms. The Morgan fingerprint density at radius 1 is 0.917 bits per heavy atom. The van der Waals surface area contributed by atoms with Crippen LogP contribution in [-0.2, 0) is 4.84 Å². The summed E-state index contributed by atoms with van der Waals surface area (Å²) >= 11 is 0. The third kappa shape index (κ3) is 5.27. The number of pyridine rings is 1. The summed E-state index contributed by atoms with van der Waals surface area (Å²) in [5.74, 6) is -0.487. The molecule has 4 heterocycles. The number of benzene rings is 1. The topological polar surface area (TPSA) is 126 Å². The standard InChI is InChI=1S/C25H32N8O3/c26-23(34)21-2-1-7-32-18-22(28-24(21)32)19-3-5-20(6-4-19)30-12-14-33(15-13-30)36-17-16-29-8-10-31(11-9-29)25(27)35/h1-7,18H,8-17H2,(H2,26,34)(H2,27,35). The van der Waals surface area contributed by atoms with Gasteiger partial charge in [0.15, 0.2) is 0 Å². The first-order valence-electron chi connectivity index (χ1n) is 12.3. The van der Waals surface area contributed by atoms with Gasteiger partial charge in [-0.15, -0.1) is 0 Å². The van der Waals surface area contributed by atoms with Crippen LogP contribution in [0.15, 0.2) is 48.8 Å². The summed E-state index contributed by atoms with van der Waals surface area (Å²) in [5.41, 5.74) is 14.7. The van der Waals surface area contributed by atoms with Crippen LogP contribution in [0.1, 0.15) is 10.4 Å². The molecule has 3 aromatic rings. The summed E-state index contributed by atoms with van der Waals surface area (Å²) in [6.07, 6.45) is 3.77. The number of primary amides is 2. The Morgan fingerprint density at radius 3 is 2.31 bits per heavy atom. The summed E-state index contributed by atoms with van der Waals surface area (Å²) in [4.78, 5) is 39.9. The van der Waals surface area contributed by atoms with Crippen molar-refractivity contribution in [3.8, 4) is 11.3 Å². The normalized spacial score (nSPS) is 17.6. The largest absolute Gasteiger partial charge is 0.369 e. The van der Waals surface area contributed by atoms with Crippen LogP contribution in [0.2, 0.25) is 0 Å². The smallest absolute Gasteiger partial charge is 0.314 e. The van der Waals surface area contributed by atoms with Crippen molar-refractivity contribution in [3.63, 3.8) is 0 Å². The highest BCUT2D eigenvalue weighted by atomic mass is 16.7. The molecule has 4 N–H and O–H groups in total. The fourth-order valence-electron chi connectivity index (χ4n) is 4.75. The van der Waals surface area contributed by atoms with Crippen LogP contribution in [-0.4, -0.2) is 102 Å². The van der Waals surface area contributed by atoms with Gasteiger partial charge in [0, 0.05) is 82.5 Å². The minimum Gasteiger partial charge on any atom is -0.369 e. The van der Waals surface area contributed by atoms with Crippen LogP contribution in [0, 0.1) is 0 Å². The van der Waals surface area contributed by atoms with Gasteiger partial charge in [-0.3, -0.25) is 14.5 Å². The molecule has 0 saturated carbocycles. The predicted octanol–water partition coefficient (Wildman–Crippen LogP) is 0.850. The average Bonchev–Trinajstić information content (AvgIpc) is 3.34. The number of aromatic nitrogens is 2. The highest BCUT2D eigenvalue weighted by molar-refractivity contribution is 5.99. The number of hydrogen-bond donors (Lipinski definition) is 2. The molecule has 0 spiro atoms. The van der Waals surface area contributed by atoms with E-state index >= 15 is 0 Å². The lowest BCUT2D eigenvalue weighted by Gasteiger charge is -2.36. The lowest BCUT2D eigenvalue weighted by molar-refractivity contribution is -0.165. The molecule has 2 aliphatic heterocycles. The number of carbonyl (C=O) groups excluding carboxylic acids is 2. The Kier molecular flexibility index (Phi) is 7.03. The molecular weight excluding hydrogens is 460 g/mol. The number of rotatable bonds is 7. The van der Waals surface area contributed by atoms with E-state index in [2.05, 4.69) is 39.0 Å². The van der Waals surface area contributed by atoms with Gasteiger partial charge >= 0.3 is 6.03 Å². The van der Waals surface area contributed by atoms with Gasteiger partial charge in [-0.05, 0) is 24.3 Å².